The van der Waals surface area contributed by atoms with E-state index in [1.165, 1.54) is 6.20 Å². The van der Waals surface area contributed by atoms with Gasteiger partial charge < -0.3 is 20.3 Å². The number of aromatic nitrogens is 2. The molecule has 0 unspecified atom stereocenters. The van der Waals surface area contributed by atoms with Crippen LogP contribution in [-0.2, 0) is 11.3 Å². The minimum atomic E-state index is 0.0586. The average Bonchev–Trinajstić information content (AvgIpc) is 2.57. The maximum atomic E-state index is 12.4. The van der Waals surface area contributed by atoms with Gasteiger partial charge in [0.05, 0.1) is 26.0 Å². The zero-order chi connectivity index (χ0) is 16.2. The number of carbonyl (C=O) groups is 1. The number of benzene rings is 1. The molecule has 120 valence electrons. The molecule has 1 amide bonds. The van der Waals surface area contributed by atoms with E-state index < -0.39 is 0 Å². The van der Waals surface area contributed by atoms with Gasteiger partial charge in [0, 0.05) is 19.6 Å². The van der Waals surface area contributed by atoms with E-state index in [1.54, 1.807) is 13.3 Å². The fourth-order valence-corrected chi connectivity index (χ4v) is 2.59. The van der Waals surface area contributed by atoms with Gasteiger partial charge in [-0.05, 0) is 17.7 Å². The first-order chi connectivity index (χ1) is 11.2. The normalized spacial score (nSPS) is 14.9. The molecule has 1 aromatic heterocycles. The van der Waals surface area contributed by atoms with Crippen LogP contribution in [0, 0.1) is 0 Å². The molecule has 2 aromatic rings. The number of hydrogen-bond acceptors (Lipinski definition) is 6. The second-order valence-electron chi connectivity index (χ2n) is 5.39. The first-order valence-electron chi connectivity index (χ1n) is 7.39. The van der Waals surface area contributed by atoms with Crippen molar-refractivity contribution in [3.05, 3.63) is 42.2 Å². The lowest BCUT2D eigenvalue weighted by atomic mass is 10.2. The molecule has 3 rings (SSSR count). The van der Waals surface area contributed by atoms with Crippen molar-refractivity contribution in [1.29, 1.82) is 0 Å². The first kappa shape index (κ1) is 15.1. The number of ether oxygens (including phenoxy) is 1. The lowest BCUT2D eigenvalue weighted by molar-refractivity contribution is -0.131. The number of nitrogens with two attached hydrogens (primary N) is 1. The van der Waals surface area contributed by atoms with Crippen LogP contribution >= 0.6 is 0 Å². The van der Waals surface area contributed by atoms with Gasteiger partial charge in [-0.1, -0.05) is 12.1 Å². The minimum Gasteiger partial charge on any atom is -0.497 e. The van der Waals surface area contributed by atoms with Crippen LogP contribution in [0.1, 0.15) is 5.56 Å². The average molecular weight is 313 g/mol. The van der Waals surface area contributed by atoms with E-state index in [2.05, 4.69) is 9.97 Å². The molecule has 0 saturated carbocycles. The number of hydrogen-bond donors (Lipinski definition) is 1. The Morgan fingerprint density at radius 1 is 1.30 bits per heavy atom. The Balaban J connectivity index is 1.65. The maximum absolute atomic E-state index is 12.4. The molecule has 0 atom stereocenters. The summed E-state index contributed by atoms with van der Waals surface area (Å²) < 4.78 is 5.22. The van der Waals surface area contributed by atoms with Crippen LogP contribution in [0.3, 0.4) is 0 Å². The monoisotopic (exact) mass is 313 g/mol. The molecule has 7 heteroatoms. The molecule has 7 nitrogen and oxygen atoms in total. The molecule has 0 aliphatic carbocycles. The third-order valence-corrected chi connectivity index (χ3v) is 3.79. The molecular weight excluding hydrogens is 294 g/mol. The number of anilines is 2. The van der Waals surface area contributed by atoms with Gasteiger partial charge in [0.1, 0.15) is 17.4 Å². The highest BCUT2D eigenvalue weighted by atomic mass is 16.5. The smallest absolute Gasteiger partial charge is 0.242 e. The van der Waals surface area contributed by atoms with Crippen molar-refractivity contribution in [2.24, 2.45) is 0 Å². The Labute approximate surface area is 134 Å². The van der Waals surface area contributed by atoms with Crippen LogP contribution in [-0.4, -0.2) is 47.5 Å². The Morgan fingerprint density at radius 2 is 2.17 bits per heavy atom. The van der Waals surface area contributed by atoms with Gasteiger partial charge in [0.15, 0.2) is 0 Å². The van der Waals surface area contributed by atoms with Crippen molar-refractivity contribution in [2.75, 3.05) is 37.4 Å². The standard InChI is InChI=1S/C16H19N5O2/c1-23-13-4-2-3-12(7-13)10-21-6-5-20(11-16(21)22)15-9-18-8-14(17)19-15/h2-4,7-9H,5-6,10-11H2,1H3,(H2,17,19). The highest BCUT2D eigenvalue weighted by Crippen LogP contribution is 2.18. The third-order valence-electron chi connectivity index (χ3n) is 3.79. The van der Waals surface area contributed by atoms with Gasteiger partial charge in [-0.2, -0.15) is 0 Å². The van der Waals surface area contributed by atoms with Crippen LogP contribution in [0.2, 0.25) is 0 Å². The van der Waals surface area contributed by atoms with Crippen LogP contribution in [0.4, 0.5) is 11.6 Å². The number of nitrogens with zero attached hydrogens (tertiary/aromatic N) is 4. The number of carbonyl (C=O) groups excluding carboxylic acids is 1. The van der Waals surface area contributed by atoms with Crippen molar-refractivity contribution in [2.45, 2.75) is 6.54 Å². The quantitative estimate of drug-likeness (QED) is 0.903. The topological polar surface area (TPSA) is 84.6 Å². The maximum Gasteiger partial charge on any atom is 0.242 e. The van der Waals surface area contributed by atoms with E-state index in [0.717, 1.165) is 11.3 Å². The van der Waals surface area contributed by atoms with Crippen molar-refractivity contribution >= 4 is 17.5 Å². The number of methoxy groups -OCH3 is 1. The summed E-state index contributed by atoms with van der Waals surface area (Å²) in [7, 11) is 1.63. The molecule has 1 fully saturated rings. The third kappa shape index (κ3) is 3.50. The van der Waals surface area contributed by atoms with Gasteiger partial charge in [-0.25, -0.2) is 4.98 Å². The lowest BCUT2D eigenvalue weighted by Crippen LogP contribution is -2.50. The summed E-state index contributed by atoms with van der Waals surface area (Å²) in [5.41, 5.74) is 6.70. The zero-order valence-electron chi connectivity index (χ0n) is 13.0. The molecule has 0 bridgehead atoms. The number of nitrogen functional groups attached to an aromatic ring is 1. The molecule has 1 aliphatic rings. The van der Waals surface area contributed by atoms with Crippen LogP contribution in [0.15, 0.2) is 36.7 Å². The summed E-state index contributed by atoms with van der Waals surface area (Å²) in [5.74, 6) is 1.85. The Morgan fingerprint density at radius 3 is 2.91 bits per heavy atom. The Hall–Kier alpha value is -2.83. The molecule has 1 aromatic carbocycles. The number of piperazine rings is 1. The van der Waals surface area contributed by atoms with Gasteiger partial charge in [0.2, 0.25) is 5.91 Å². The summed E-state index contributed by atoms with van der Waals surface area (Å²) in [5, 5.41) is 0. The van der Waals surface area contributed by atoms with Gasteiger partial charge in [-0.15, -0.1) is 0 Å². The predicted octanol–water partition coefficient (Wildman–Crippen LogP) is 0.916. The van der Waals surface area contributed by atoms with Crippen LogP contribution < -0.4 is 15.4 Å². The summed E-state index contributed by atoms with van der Waals surface area (Å²) in [6.45, 7) is 2.19. The molecule has 2 heterocycles. The summed E-state index contributed by atoms with van der Waals surface area (Å²) >= 11 is 0. The molecule has 0 radical (unpaired) electrons. The summed E-state index contributed by atoms with van der Waals surface area (Å²) in [6.07, 6.45) is 3.12. The minimum absolute atomic E-state index is 0.0586. The highest BCUT2D eigenvalue weighted by molar-refractivity contribution is 5.82. The summed E-state index contributed by atoms with van der Waals surface area (Å²) in [4.78, 5) is 24.4. The molecule has 2 N–H and O–H groups in total. The molecular formula is C16H19N5O2. The van der Waals surface area contributed by atoms with E-state index in [1.807, 2.05) is 34.1 Å². The van der Waals surface area contributed by atoms with Crippen molar-refractivity contribution in [3.63, 3.8) is 0 Å². The van der Waals surface area contributed by atoms with E-state index in [-0.39, 0.29) is 12.5 Å². The van der Waals surface area contributed by atoms with Gasteiger partial charge >= 0.3 is 0 Å². The number of rotatable bonds is 4. The zero-order valence-corrected chi connectivity index (χ0v) is 13.0. The Kier molecular flexibility index (Phi) is 4.27. The molecule has 1 aliphatic heterocycles. The highest BCUT2D eigenvalue weighted by Gasteiger charge is 2.25. The molecule has 1 saturated heterocycles. The fourth-order valence-electron chi connectivity index (χ4n) is 2.59. The fraction of sp³-hybridized carbons (Fsp3) is 0.312. The van der Waals surface area contributed by atoms with Crippen molar-refractivity contribution < 1.29 is 9.53 Å². The van der Waals surface area contributed by atoms with Crippen LogP contribution in [0.25, 0.3) is 0 Å². The van der Waals surface area contributed by atoms with Crippen molar-refractivity contribution in [1.82, 2.24) is 14.9 Å². The second kappa shape index (κ2) is 6.51. The van der Waals surface area contributed by atoms with Crippen molar-refractivity contribution in [3.8, 4) is 5.75 Å². The van der Waals surface area contributed by atoms with Crippen LogP contribution in [0.5, 0.6) is 5.75 Å². The largest absolute Gasteiger partial charge is 0.497 e. The summed E-state index contributed by atoms with van der Waals surface area (Å²) in [6, 6.07) is 7.76. The predicted molar refractivity (Wildman–Crippen MR) is 87.1 cm³/mol. The van der Waals surface area contributed by atoms with Gasteiger partial charge in [-0.3, -0.25) is 9.78 Å². The first-order valence-corrected chi connectivity index (χ1v) is 7.39. The van der Waals surface area contributed by atoms with Gasteiger partial charge in [0.25, 0.3) is 0 Å². The molecule has 23 heavy (non-hydrogen) atoms. The Bertz CT molecular complexity index is 706. The van der Waals surface area contributed by atoms with E-state index in [9.17, 15) is 4.79 Å². The SMILES string of the molecule is COc1cccc(CN2CCN(c3cncc(N)n3)CC2=O)c1. The molecule has 0 spiro atoms. The van der Waals surface area contributed by atoms with E-state index >= 15 is 0 Å². The second-order valence-corrected chi connectivity index (χ2v) is 5.39. The number of amides is 1. The van der Waals surface area contributed by atoms with E-state index in [4.69, 9.17) is 10.5 Å². The van der Waals surface area contributed by atoms with E-state index in [0.29, 0.717) is 31.3 Å². The lowest BCUT2D eigenvalue weighted by Gasteiger charge is -2.34.